The van der Waals surface area contributed by atoms with E-state index in [0.29, 0.717) is 21.7 Å². The number of halogens is 9. The topological polar surface area (TPSA) is 77.1 Å². The van der Waals surface area contributed by atoms with Crippen LogP contribution in [0.3, 0.4) is 0 Å². The number of amides is 1. The summed E-state index contributed by atoms with van der Waals surface area (Å²) in [4.78, 5) is 17.0. The molecular formula is C25H13Cl3F6N6O. The number of nitrogens with zero attached hydrogens (tertiary/aromatic N) is 5. The third-order valence-corrected chi connectivity index (χ3v) is 6.77. The predicted octanol–water partition coefficient (Wildman–Crippen LogP) is 7.65. The van der Waals surface area contributed by atoms with Gasteiger partial charge in [-0.2, -0.15) is 32.1 Å². The van der Waals surface area contributed by atoms with Crippen molar-refractivity contribution in [2.24, 2.45) is 0 Å². The molecule has 41 heavy (non-hydrogen) atoms. The summed E-state index contributed by atoms with van der Waals surface area (Å²) in [5.74, 6) is -7.18. The number of nitrogens with one attached hydrogen (secondary N) is 1. The highest BCUT2D eigenvalue weighted by atomic mass is 35.5. The first-order valence-corrected chi connectivity index (χ1v) is 12.5. The normalized spacial score (nSPS) is 12.2. The van der Waals surface area contributed by atoms with E-state index in [1.807, 2.05) is 0 Å². The Labute approximate surface area is 241 Å². The molecule has 7 nitrogen and oxygen atoms in total. The molecule has 0 saturated carbocycles. The molecule has 2 aromatic carbocycles. The van der Waals surface area contributed by atoms with E-state index in [0.717, 1.165) is 30.3 Å². The van der Waals surface area contributed by atoms with Crippen molar-refractivity contribution in [2.45, 2.75) is 18.6 Å². The first kappa shape index (κ1) is 28.7. The molecule has 0 atom stereocenters. The van der Waals surface area contributed by atoms with Crippen LogP contribution in [0.1, 0.15) is 21.7 Å². The molecule has 3 aromatic heterocycles. The molecule has 0 saturated heterocycles. The van der Waals surface area contributed by atoms with Crippen molar-refractivity contribution in [3.63, 3.8) is 0 Å². The van der Waals surface area contributed by atoms with Crippen LogP contribution in [0.2, 0.25) is 15.1 Å². The van der Waals surface area contributed by atoms with Gasteiger partial charge >= 0.3 is 12.1 Å². The second-order valence-electron chi connectivity index (χ2n) is 8.63. The molecule has 0 aliphatic carbocycles. The SMILES string of the molecule is O=C(Nc1nn(Cc2ccc(Cl)c(Cl)c2)cc1Cl)c1cc2nc(-c3ccc(F)cc3)cc(C(F)(F)C(F)(F)F)n2n1. The van der Waals surface area contributed by atoms with Gasteiger partial charge < -0.3 is 5.32 Å². The highest BCUT2D eigenvalue weighted by Gasteiger charge is 2.60. The van der Waals surface area contributed by atoms with Crippen LogP contribution in [0, 0.1) is 5.82 Å². The number of aromatic nitrogens is 5. The van der Waals surface area contributed by atoms with Gasteiger partial charge in [-0.05, 0) is 48.0 Å². The van der Waals surface area contributed by atoms with Gasteiger partial charge in [-0.3, -0.25) is 9.48 Å². The van der Waals surface area contributed by atoms with E-state index in [1.54, 1.807) is 18.2 Å². The second kappa shape index (κ2) is 10.5. The maximum Gasteiger partial charge on any atom is 0.459 e. The largest absolute Gasteiger partial charge is 0.459 e. The number of hydrogen-bond acceptors (Lipinski definition) is 4. The van der Waals surface area contributed by atoms with Gasteiger partial charge in [0.05, 0.1) is 22.3 Å². The summed E-state index contributed by atoms with van der Waals surface area (Å²) in [6, 6.07) is 10.6. The molecule has 0 fully saturated rings. The molecule has 0 radical (unpaired) electrons. The summed E-state index contributed by atoms with van der Waals surface area (Å²) >= 11 is 18.1. The maximum atomic E-state index is 14.6. The lowest BCUT2D eigenvalue weighted by Crippen LogP contribution is -2.36. The molecule has 0 aliphatic heterocycles. The highest BCUT2D eigenvalue weighted by Crippen LogP contribution is 2.44. The van der Waals surface area contributed by atoms with E-state index in [2.05, 4.69) is 20.5 Å². The number of benzene rings is 2. The first-order chi connectivity index (χ1) is 19.2. The molecule has 3 heterocycles. The van der Waals surface area contributed by atoms with Crippen LogP contribution in [-0.4, -0.2) is 36.5 Å². The van der Waals surface area contributed by atoms with Gasteiger partial charge in [-0.15, -0.1) is 0 Å². The van der Waals surface area contributed by atoms with Crippen molar-refractivity contribution in [1.29, 1.82) is 0 Å². The minimum atomic E-state index is -6.00. The lowest BCUT2D eigenvalue weighted by molar-refractivity contribution is -0.291. The van der Waals surface area contributed by atoms with Crippen molar-refractivity contribution in [3.05, 3.63) is 98.6 Å². The Balaban J connectivity index is 1.49. The van der Waals surface area contributed by atoms with E-state index < -0.39 is 40.9 Å². The van der Waals surface area contributed by atoms with Gasteiger partial charge in [0.2, 0.25) is 0 Å². The fraction of sp³-hybridized carbons (Fsp3) is 0.120. The van der Waals surface area contributed by atoms with E-state index >= 15 is 0 Å². The molecule has 0 aliphatic rings. The molecule has 5 rings (SSSR count). The number of rotatable bonds is 6. The molecule has 0 unspecified atom stereocenters. The maximum absolute atomic E-state index is 14.6. The second-order valence-corrected chi connectivity index (χ2v) is 9.85. The van der Waals surface area contributed by atoms with E-state index in [-0.39, 0.29) is 33.2 Å². The molecule has 0 bridgehead atoms. The zero-order valence-electron chi connectivity index (χ0n) is 20.0. The van der Waals surface area contributed by atoms with E-state index in [4.69, 9.17) is 34.8 Å². The van der Waals surface area contributed by atoms with Gasteiger partial charge in [0.1, 0.15) is 16.5 Å². The van der Waals surface area contributed by atoms with E-state index in [1.165, 1.54) is 10.9 Å². The van der Waals surface area contributed by atoms with Gasteiger partial charge in [0.25, 0.3) is 5.91 Å². The Morgan fingerprint density at radius 3 is 2.24 bits per heavy atom. The average molecular weight is 634 g/mol. The average Bonchev–Trinajstić information content (AvgIpc) is 3.48. The smallest absolute Gasteiger partial charge is 0.302 e. The Morgan fingerprint density at radius 2 is 1.59 bits per heavy atom. The minimum absolute atomic E-state index is 0.00295. The Bertz CT molecular complexity index is 1790. The first-order valence-electron chi connectivity index (χ1n) is 11.3. The summed E-state index contributed by atoms with van der Waals surface area (Å²) in [6.45, 7) is 0.187. The zero-order valence-corrected chi connectivity index (χ0v) is 22.3. The standard InChI is InChI=1S/C25H13Cl3F6N6O/c26-15-6-1-12(7-16(15)27)10-39-11-17(28)22(38-39)36-23(41)19-9-21-35-18(13-2-4-14(29)5-3-13)8-20(40(21)37-19)24(30,31)25(32,33)34/h1-9,11H,10H2,(H,36,38,41). The third kappa shape index (κ3) is 5.69. The molecular weight excluding hydrogens is 621 g/mol. The zero-order chi connectivity index (χ0) is 29.7. The fourth-order valence-electron chi connectivity index (χ4n) is 3.78. The van der Waals surface area contributed by atoms with Gasteiger partial charge in [-0.1, -0.05) is 40.9 Å². The highest BCUT2D eigenvalue weighted by molar-refractivity contribution is 6.42. The molecule has 1 N–H and O–H groups in total. The van der Waals surface area contributed by atoms with Crippen molar-refractivity contribution in [2.75, 3.05) is 5.32 Å². The fourth-order valence-corrected chi connectivity index (χ4v) is 4.30. The van der Waals surface area contributed by atoms with Gasteiger partial charge in [0, 0.05) is 17.8 Å². The number of fused-ring (bicyclic) bond motifs is 1. The van der Waals surface area contributed by atoms with Crippen molar-refractivity contribution in [3.8, 4) is 11.3 Å². The summed E-state index contributed by atoms with van der Waals surface area (Å²) in [6.07, 6.45) is -4.60. The number of alkyl halides is 5. The Kier molecular flexibility index (Phi) is 7.38. The van der Waals surface area contributed by atoms with Crippen LogP contribution >= 0.6 is 34.8 Å². The lowest BCUT2D eigenvalue weighted by Gasteiger charge is -2.21. The van der Waals surface area contributed by atoms with Crippen LogP contribution in [0.4, 0.5) is 32.2 Å². The Morgan fingerprint density at radius 1 is 0.878 bits per heavy atom. The molecule has 0 spiro atoms. The summed E-state index contributed by atoms with van der Waals surface area (Å²) in [5.41, 5.74) is -2.21. The lowest BCUT2D eigenvalue weighted by atomic mass is 10.1. The van der Waals surface area contributed by atoms with E-state index in [9.17, 15) is 31.1 Å². The van der Waals surface area contributed by atoms with Gasteiger partial charge in [0.15, 0.2) is 17.2 Å². The predicted molar refractivity (Wildman–Crippen MR) is 139 cm³/mol. The van der Waals surface area contributed by atoms with Crippen LogP contribution in [0.15, 0.2) is 60.8 Å². The quantitative estimate of drug-likeness (QED) is 0.195. The van der Waals surface area contributed by atoms with Crippen molar-refractivity contribution in [1.82, 2.24) is 24.4 Å². The molecule has 16 heteroatoms. The number of hydrogen-bond donors (Lipinski definition) is 1. The monoisotopic (exact) mass is 632 g/mol. The van der Waals surface area contributed by atoms with Crippen LogP contribution in [-0.2, 0) is 12.5 Å². The number of anilines is 1. The Hall–Kier alpha value is -3.81. The number of carbonyl (C=O) groups excluding carboxylic acids is 1. The number of carbonyl (C=O) groups is 1. The van der Waals surface area contributed by atoms with Crippen LogP contribution in [0.25, 0.3) is 16.9 Å². The minimum Gasteiger partial charge on any atom is -0.302 e. The molecule has 1 amide bonds. The molecule has 5 aromatic rings. The summed E-state index contributed by atoms with van der Waals surface area (Å²) in [7, 11) is 0. The third-order valence-electron chi connectivity index (χ3n) is 5.76. The van der Waals surface area contributed by atoms with Crippen LogP contribution in [0.5, 0.6) is 0 Å². The van der Waals surface area contributed by atoms with Crippen LogP contribution < -0.4 is 5.32 Å². The van der Waals surface area contributed by atoms with Crippen molar-refractivity contribution < 1.29 is 31.1 Å². The van der Waals surface area contributed by atoms with Crippen molar-refractivity contribution >= 4 is 52.2 Å². The van der Waals surface area contributed by atoms with Gasteiger partial charge in [-0.25, -0.2) is 13.9 Å². The summed E-state index contributed by atoms with van der Waals surface area (Å²) in [5, 5.41) is 10.8. The summed E-state index contributed by atoms with van der Waals surface area (Å²) < 4.78 is 84.1. The molecule has 212 valence electrons.